The molecule has 0 fully saturated rings. The number of rotatable bonds is 7. The molecular weight excluding hydrogens is 420 g/mol. The Morgan fingerprint density at radius 1 is 1.25 bits per heavy atom. The van der Waals surface area contributed by atoms with Crippen LogP contribution in [0.2, 0.25) is 4.34 Å². The van der Waals surface area contributed by atoms with Crippen molar-refractivity contribution in [2.24, 2.45) is 0 Å². The third-order valence-electron chi connectivity index (χ3n) is 4.15. The minimum atomic E-state index is -3.79. The van der Waals surface area contributed by atoms with Crippen LogP contribution in [0.5, 0.6) is 0 Å². The predicted octanol–water partition coefficient (Wildman–Crippen LogP) is 4.27. The van der Waals surface area contributed by atoms with Crippen LogP contribution in [0.3, 0.4) is 0 Å². The van der Waals surface area contributed by atoms with Crippen LogP contribution in [0.15, 0.2) is 58.0 Å². The molecule has 9 heteroatoms. The van der Waals surface area contributed by atoms with Crippen LogP contribution in [0.25, 0.3) is 0 Å². The molecule has 0 spiro atoms. The first-order chi connectivity index (χ1) is 13.3. The molecule has 2 heterocycles. The van der Waals surface area contributed by atoms with Crippen molar-refractivity contribution in [3.8, 4) is 0 Å². The van der Waals surface area contributed by atoms with Crippen molar-refractivity contribution in [1.82, 2.24) is 10.0 Å². The summed E-state index contributed by atoms with van der Waals surface area (Å²) in [7, 11) is -3.79. The number of hydrogen-bond donors (Lipinski definition) is 2. The second-order valence-corrected chi connectivity index (χ2v) is 9.73. The molecule has 0 aliphatic carbocycles. The zero-order valence-electron chi connectivity index (χ0n) is 15.2. The molecule has 6 nitrogen and oxygen atoms in total. The molecule has 3 aromatic rings. The minimum absolute atomic E-state index is 0.0154. The van der Waals surface area contributed by atoms with Gasteiger partial charge in [0.05, 0.1) is 28.1 Å². The maximum absolute atomic E-state index is 12.7. The van der Waals surface area contributed by atoms with Crippen molar-refractivity contribution >= 4 is 38.9 Å². The minimum Gasteiger partial charge on any atom is -0.468 e. The lowest BCUT2D eigenvalue weighted by molar-refractivity contribution is 0.0939. The topological polar surface area (TPSA) is 88.4 Å². The highest BCUT2D eigenvalue weighted by molar-refractivity contribution is 7.89. The third kappa shape index (κ3) is 4.82. The Morgan fingerprint density at radius 3 is 2.68 bits per heavy atom. The Morgan fingerprint density at radius 2 is 2.04 bits per heavy atom. The van der Waals surface area contributed by atoms with Crippen LogP contribution in [0.1, 0.15) is 39.5 Å². The first-order valence-corrected chi connectivity index (χ1v) is 11.1. The van der Waals surface area contributed by atoms with Crippen molar-refractivity contribution in [2.45, 2.75) is 31.3 Å². The predicted molar refractivity (Wildman–Crippen MR) is 109 cm³/mol. The van der Waals surface area contributed by atoms with E-state index in [2.05, 4.69) is 10.0 Å². The lowest BCUT2D eigenvalue weighted by Crippen LogP contribution is -2.28. The van der Waals surface area contributed by atoms with Crippen molar-refractivity contribution < 1.29 is 17.6 Å². The van der Waals surface area contributed by atoms with Gasteiger partial charge in [0, 0.05) is 10.4 Å². The number of amides is 1. The molecule has 0 aliphatic heterocycles. The van der Waals surface area contributed by atoms with Gasteiger partial charge in [0.25, 0.3) is 5.91 Å². The molecule has 1 aromatic carbocycles. The van der Waals surface area contributed by atoms with E-state index in [4.69, 9.17) is 16.0 Å². The fourth-order valence-electron chi connectivity index (χ4n) is 2.58. The van der Waals surface area contributed by atoms with E-state index < -0.39 is 10.0 Å². The molecule has 1 amide bonds. The monoisotopic (exact) mass is 438 g/mol. The van der Waals surface area contributed by atoms with Gasteiger partial charge in [-0.15, -0.1) is 11.3 Å². The van der Waals surface area contributed by atoms with Crippen molar-refractivity contribution in [1.29, 1.82) is 0 Å². The number of furan rings is 1. The number of nitrogens with one attached hydrogen (secondary N) is 2. The van der Waals surface area contributed by atoms with Gasteiger partial charge in [0.2, 0.25) is 10.0 Å². The van der Waals surface area contributed by atoms with Crippen molar-refractivity contribution in [3.05, 3.63) is 74.8 Å². The zero-order valence-corrected chi connectivity index (χ0v) is 17.6. The quantitative estimate of drug-likeness (QED) is 0.576. The lowest BCUT2D eigenvalue weighted by atomic mass is 10.1. The standard InChI is InChI=1S/C19H19ClN2O4S2/c1-12-5-6-15(28(24,25)21-11-14-4-3-9-26-14)10-16(12)19(23)22-13(2)17-7-8-18(20)27-17/h3-10,13,21H,11H2,1-2H3,(H,22,23). The largest absolute Gasteiger partial charge is 0.468 e. The summed E-state index contributed by atoms with van der Waals surface area (Å²) >= 11 is 7.33. The Balaban J connectivity index is 1.77. The van der Waals surface area contributed by atoms with Gasteiger partial charge in [-0.2, -0.15) is 0 Å². The number of hydrogen-bond acceptors (Lipinski definition) is 5. The summed E-state index contributed by atoms with van der Waals surface area (Å²) in [6, 6.07) is 11.2. The number of carbonyl (C=O) groups is 1. The van der Waals surface area contributed by atoms with E-state index in [-0.39, 0.29) is 23.4 Å². The molecule has 0 aliphatic rings. The third-order valence-corrected chi connectivity index (χ3v) is 6.96. The van der Waals surface area contributed by atoms with E-state index in [0.29, 0.717) is 21.2 Å². The number of benzene rings is 1. The van der Waals surface area contributed by atoms with Gasteiger partial charge in [-0.05, 0) is 55.8 Å². The van der Waals surface area contributed by atoms with E-state index in [1.54, 1.807) is 31.2 Å². The fraction of sp³-hybridized carbons (Fsp3) is 0.211. The Hall–Kier alpha value is -2.13. The Labute approximate surface area is 172 Å². The Bertz CT molecular complexity index is 1080. The SMILES string of the molecule is Cc1ccc(S(=O)(=O)NCc2ccco2)cc1C(=O)NC(C)c1ccc(Cl)s1. The molecule has 2 aromatic heterocycles. The van der Waals surface area contributed by atoms with E-state index in [0.717, 1.165) is 4.88 Å². The molecule has 148 valence electrons. The molecule has 28 heavy (non-hydrogen) atoms. The van der Waals surface area contributed by atoms with Crippen LogP contribution in [0.4, 0.5) is 0 Å². The molecular formula is C19H19ClN2O4S2. The summed E-state index contributed by atoms with van der Waals surface area (Å²) in [5.41, 5.74) is 0.981. The molecule has 2 N–H and O–H groups in total. The molecule has 1 unspecified atom stereocenters. The first-order valence-electron chi connectivity index (χ1n) is 8.45. The van der Waals surface area contributed by atoms with Gasteiger partial charge in [-0.1, -0.05) is 17.7 Å². The van der Waals surface area contributed by atoms with Crippen molar-refractivity contribution in [2.75, 3.05) is 0 Å². The summed E-state index contributed by atoms with van der Waals surface area (Å²) in [5.74, 6) is 0.148. The average Bonchev–Trinajstić information content (AvgIpc) is 3.31. The second kappa shape index (κ2) is 8.48. The lowest BCUT2D eigenvalue weighted by Gasteiger charge is -2.14. The molecule has 0 bridgehead atoms. The van der Waals surface area contributed by atoms with Crippen LogP contribution in [0, 0.1) is 6.92 Å². The summed E-state index contributed by atoms with van der Waals surface area (Å²) in [5, 5.41) is 2.88. The molecule has 1 atom stereocenters. The first kappa shape index (κ1) is 20.6. The smallest absolute Gasteiger partial charge is 0.252 e. The highest BCUT2D eigenvalue weighted by Crippen LogP contribution is 2.27. The van der Waals surface area contributed by atoms with Crippen LogP contribution >= 0.6 is 22.9 Å². The normalized spacial score (nSPS) is 12.7. The number of sulfonamides is 1. The van der Waals surface area contributed by atoms with Gasteiger partial charge < -0.3 is 9.73 Å². The fourth-order valence-corrected chi connectivity index (χ4v) is 4.66. The Kier molecular flexibility index (Phi) is 6.24. The van der Waals surface area contributed by atoms with E-state index in [1.807, 2.05) is 13.0 Å². The van der Waals surface area contributed by atoms with Gasteiger partial charge in [0.1, 0.15) is 5.76 Å². The summed E-state index contributed by atoms with van der Waals surface area (Å²) in [4.78, 5) is 13.6. The van der Waals surface area contributed by atoms with Crippen LogP contribution in [-0.4, -0.2) is 14.3 Å². The molecule has 0 saturated carbocycles. The summed E-state index contributed by atoms with van der Waals surface area (Å²) < 4.78 is 33.4. The van der Waals surface area contributed by atoms with Gasteiger partial charge in [0.15, 0.2) is 0 Å². The second-order valence-electron chi connectivity index (χ2n) is 6.22. The maximum Gasteiger partial charge on any atom is 0.252 e. The van der Waals surface area contributed by atoms with Gasteiger partial charge in [-0.25, -0.2) is 13.1 Å². The van der Waals surface area contributed by atoms with Crippen LogP contribution < -0.4 is 10.0 Å². The van der Waals surface area contributed by atoms with Crippen molar-refractivity contribution in [3.63, 3.8) is 0 Å². The summed E-state index contributed by atoms with van der Waals surface area (Å²) in [6.07, 6.45) is 1.47. The highest BCUT2D eigenvalue weighted by atomic mass is 35.5. The van der Waals surface area contributed by atoms with E-state index >= 15 is 0 Å². The zero-order chi connectivity index (χ0) is 20.3. The summed E-state index contributed by atoms with van der Waals surface area (Å²) in [6.45, 7) is 3.64. The number of thiophene rings is 1. The number of carbonyl (C=O) groups excluding carboxylic acids is 1. The molecule has 3 rings (SSSR count). The number of aryl methyl sites for hydroxylation is 1. The van der Waals surface area contributed by atoms with Gasteiger partial charge >= 0.3 is 0 Å². The highest BCUT2D eigenvalue weighted by Gasteiger charge is 2.20. The van der Waals surface area contributed by atoms with Crippen LogP contribution in [-0.2, 0) is 16.6 Å². The molecule has 0 radical (unpaired) electrons. The van der Waals surface area contributed by atoms with E-state index in [9.17, 15) is 13.2 Å². The van der Waals surface area contributed by atoms with E-state index in [1.165, 1.54) is 29.7 Å². The molecule has 0 saturated heterocycles. The van der Waals surface area contributed by atoms with Gasteiger partial charge in [-0.3, -0.25) is 4.79 Å². The number of halogens is 1. The maximum atomic E-state index is 12.7. The average molecular weight is 439 g/mol.